The molecule has 0 saturated heterocycles. The van der Waals surface area contributed by atoms with Gasteiger partial charge in [-0.3, -0.25) is 0 Å². The van der Waals surface area contributed by atoms with Gasteiger partial charge in [-0.2, -0.15) is 0 Å². The van der Waals surface area contributed by atoms with E-state index in [0.717, 1.165) is 13.1 Å². The summed E-state index contributed by atoms with van der Waals surface area (Å²) in [5.41, 5.74) is -0.0524. The van der Waals surface area contributed by atoms with Crippen LogP contribution in [0.15, 0.2) is 18.7 Å². The van der Waals surface area contributed by atoms with Crippen LogP contribution in [0.4, 0.5) is 0 Å². The molecule has 1 unspecified atom stereocenters. The van der Waals surface area contributed by atoms with Gasteiger partial charge >= 0.3 is 0 Å². The van der Waals surface area contributed by atoms with E-state index < -0.39 is 0 Å². The first-order valence-corrected chi connectivity index (χ1v) is 5.33. The second kappa shape index (κ2) is 5.28. The van der Waals surface area contributed by atoms with Crippen LogP contribution < -0.4 is 5.32 Å². The molecule has 0 bridgehead atoms. The Morgan fingerprint density at radius 2 is 2.27 bits per heavy atom. The fourth-order valence-corrected chi connectivity index (χ4v) is 1.28. The quantitative estimate of drug-likeness (QED) is 0.734. The molecule has 1 atom stereocenters. The molecule has 0 aliphatic heterocycles. The highest BCUT2D eigenvalue weighted by Crippen LogP contribution is 2.11. The minimum absolute atomic E-state index is 0.0524. The highest BCUT2D eigenvalue weighted by atomic mass is 16.3. The standard InChI is InChI=1S/C11H21N3O/c1-10(6-14-5-4-12-9-14)13-7-11(2,3)8-15/h4-5,9-10,13,15H,6-8H2,1-3H3. The Morgan fingerprint density at radius 1 is 1.53 bits per heavy atom. The van der Waals surface area contributed by atoms with E-state index in [9.17, 15) is 0 Å². The summed E-state index contributed by atoms with van der Waals surface area (Å²) in [5.74, 6) is 0. The Labute approximate surface area is 91.3 Å². The van der Waals surface area contributed by atoms with E-state index in [0.29, 0.717) is 6.04 Å². The molecule has 0 amide bonds. The lowest BCUT2D eigenvalue weighted by Crippen LogP contribution is -2.39. The van der Waals surface area contributed by atoms with Crippen molar-refractivity contribution < 1.29 is 5.11 Å². The zero-order valence-corrected chi connectivity index (χ0v) is 9.77. The van der Waals surface area contributed by atoms with Gasteiger partial charge in [-0.25, -0.2) is 4.98 Å². The smallest absolute Gasteiger partial charge is 0.0946 e. The molecule has 1 aromatic rings. The van der Waals surface area contributed by atoms with Crippen molar-refractivity contribution >= 4 is 0 Å². The lowest BCUT2D eigenvalue weighted by atomic mass is 9.95. The topological polar surface area (TPSA) is 50.1 Å². The van der Waals surface area contributed by atoms with Crippen LogP contribution in [0, 0.1) is 5.41 Å². The Kier molecular flexibility index (Phi) is 4.29. The first kappa shape index (κ1) is 12.2. The summed E-state index contributed by atoms with van der Waals surface area (Å²) in [7, 11) is 0. The number of aromatic nitrogens is 2. The van der Waals surface area contributed by atoms with Crippen LogP contribution in [0.25, 0.3) is 0 Å². The van der Waals surface area contributed by atoms with Gasteiger partial charge in [0.15, 0.2) is 0 Å². The van der Waals surface area contributed by atoms with Crippen LogP contribution in [0.5, 0.6) is 0 Å². The summed E-state index contributed by atoms with van der Waals surface area (Å²) >= 11 is 0. The van der Waals surface area contributed by atoms with E-state index in [1.807, 2.05) is 30.9 Å². The maximum absolute atomic E-state index is 9.11. The van der Waals surface area contributed by atoms with E-state index in [1.165, 1.54) is 0 Å². The van der Waals surface area contributed by atoms with Gasteiger partial charge < -0.3 is 15.0 Å². The van der Waals surface area contributed by atoms with Crippen LogP contribution >= 0.6 is 0 Å². The highest BCUT2D eigenvalue weighted by molar-refractivity contribution is 4.78. The van der Waals surface area contributed by atoms with Crippen LogP contribution in [0.1, 0.15) is 20.8 Å². The van der Waals surface area contributed by atoms with Gasteiger partial charge in [-0.05, 0) is 6.92 Å². The molecule has 0 aliphatic carbocycles. The van der Waals surface area contributed by atoms with Crippen LogP contribution in [0.3, 0.4) is 0 Å². The van der Waals surface area contributed by atoms with Gasteiger partial charge in [0.05, 0.1) is 6.33 Å². The van der Waals surface area contributed by atoms with E-state index in [1.54, 1.807) is 6.20 Å². The highest BCUT2D eigenvalue weighted by Gasteiger charge is 2.16. The van der Waals surface area contributed by atoms with Crippen molar-refractivity contribution in [2.24, 2.45) is 5.41 Å². The molecule has 4 heteroatoms. The van der Waals surface area contributed by atoms with Gasteiger partial charge in [0, 0.05) is 43.5 Å². The predicted octanol–water partition coefficient (Wildman–Crippen LogP) is 0.880. The Bertz CT molecular complexity index is 269. The molecule has 0 spiro atoms. The lowest BCUT2D eigenvalue weighted by molar-refractivity contribution is 0.153. The lowest BCUT2D eigenvalue weighted by Gasteiger charge is -2.25. The molecule has 1 rings (SSSR count). The van der Waals surface area contributed by atoms with Crippen molar-refractivity contribution in [2.75, 3.05) is 13.2 Å². The molecule has 0 aliphatic rings. The summed E-state index contributed by atoms with van der Waals surface area (Å²) in [6.07, 6.45) is 5.55. The van der Waals surface area contributed by atoms with Crippen molar-refractivity contribution in [3.05, 3.63) is 18.7 Å². The zero-order chi connectivity index (χ0) is 11.3. The maximum atomic E-state index is 9.11. The van der Waals surface area contributed by atoms with Gasteiger partial charge in [0.25, 0.3) is 0 Å². The van der Waals surface area contributed by atoms with Crippen molar-refractivity contribution in [2.45, 2.75) is 33.4 Å². The summed E-state index contributed by atoms with van der Waals surface area (Å²) < 4.78 is 2.05. The van der Waals surface area contributed by atoms with E-state index in [4.69, 9.17) is 5.11 Å². The van der Waals surface area contributed by atoms with Gasteiger partial charge in [-0.15, -0.1) is 0 Å². The molecule has 4 nitrogen and oxygen atoms in total. The fourth-order valence-electron chi connectivity index (χ4n) is 1.28. The molecule has 1 aromatic heterocycles. The average molecular weight is 211 g/mol. The number of aliphatic hydroxyl groups excluding tert-OH is 1. The molecule has 0 fully saturated rings. The molecular formula is C11H21N3O. The molecule has 0 saturated carbocycles. The molecule has 1 heterocycles. The summed E-state index contributed by atoms with van der Waals surface area (Å²) in [6, 6.07) is 0.380. The number of hydrogen-bond donors (Lipinski definition) is 2. The maximum Gasteiger partial charge on any atom is 0.0946 e. The SMILES string of the molecule is CC(Cn1ccnc1)NCC(C)(C)CO. The van der Waals surface area contributed by atoms with E-state index in [-0.39, 0.29) is 12.0 Å². The number of rotatable bonds is 6. The summed E-state index contributed by atoms with van der Waals surface area (Å²) in [5, 5.41) is 12.5. The van der Waals surface area contributed by atoms with Crippen LogP contribution in [-0.2, 0) is 6.54 Å². The Morgan fingerprint density at radius 3 is 2.80 bits per heavy atom. The normalized spacial score (nSPS) is 14.1. The molecule has 15 heavy (non-hydrogen) atoms. The number of nitrogens with zero attached hydrogens (tertiary/aromatic N) is 2. The monoisotopic (exact) mass is 211 g/mol. The van der Waals surface area contributed by atoms with Gasteiger partial charge in [0.1, 0.15) is 0 Å². The van der Waals surface area contributed by atoms with Crippen LogP contribution in [-0.4, -0.2) is 33.9 Å². The third-order valence-electron chi connectivity index (χ3n) is 2.40. The average Bonchev–Trinajstić information content (AvgIpc) is 2.68. The number of aliphatic hydroxyl groups is 1. The largest absolute Gasteiger partial charge is 0.396 e. The molecule has 2 N–H and O–H groups in total. The summed E-state index contributed by atoms with van der Waals surface area (Å²) in [4.78, 5) is 4.00. The third kappa shape index (κ3) is 4.44. The van der Waals surface area contributed by atoms with Crippen molar-refractivity contribution in [3.63, 3.8) is 0 Å². The second-order valence-corrected chi connectivity index (χ2v) is 4.86. The zero-order valence-electron chi connectivity index (χ0n) is 9.77. The number of hydrogen-bond acceptors (Lipinski definition) is 3. The van der Waals surface area contributed by atoms with E-state index >= 15 is 0 Å². The van der Waals surface area contributed by atoms with Crippen molar-refractivity contribution in [1.82, 2.24) is 14.9 Å². The fraction of sp³-hybridized carbons (Fsp3) is 0.727. The third-order valence-corrected chi connectivity index (χ3v) is 2.40. The van der Waals surface area contributed by atoms with Crippen LogP contribution in [0.2, 0.25) is 0 Å². The molecule has 86 valence electrons. The van der Waals surface area contributed by atoms with Crippen molar-refractivity contribution in [1.29, 1.82) is 0 Å². The first-order valence-electron chi connectivity index (χ1n) is 5.33. The predicted molar refractivity (Wildman–Crippen MR) is 60.6 cm³/mol. The van der Waals surface area contributed by atoms with Gasteiger partial charge in [0.2, 0.25) is 0 Å². The molecule has 0 radical (unpaired) electrons. The second-order valence-electron chi connectivity index (χ2n) is 4.86. The molecular weight excluding hydrogens is 190 g/mol. The molecule has 0 aromatic carbocycles. The Balaban J connectivity index is 2.28. The minimum Gasteiger partial charge on any atom is -0.396 e. The number of imidazole rings is 1. The van der Waals surface area contributed by atoms with Crippen molar-refractivity contribution in [3.8, 4) is 0 Å². The van der Waals surface area contributed by atoms with E-state index in [2.05, 4.69) is 17.2 Å². The summed E-state index contributed by atoms with van der Waals surface area (Å²) in [6.45, 7) is 8.15. The van der Waals surface area contributed by atoms with Gasteiger partial charge in [-0.1, -0.05) is 13.8 Å². The first-order chi connectivity index (χ1) is 7.03. The minimum atomic E-state index is -0.0524. The number of nitrogens with one attached hydrogen (secondary N) is 1. The Hall–Kier alpha value is -0.870.